The first-order valence-corrected chi connectivity index (χ1v) is 18.4. The van der Waals surface area contributed by atoms with Crippen molar-refractivity contribution in [2.24, 2.45) is 0 Å². The molecule has 0 bridgehead atoms. The first kappa shape index (κ1) is 36.5. The predicted octanol–water partition coefficient (Wildman–Crippen LogP) is 5.46. The highest BCUT2D eigenvalue weighted by Gasteiger charge is 2.55. The van der Waals surface area contributed by atoms with Gasteiger partial charge in [0.25, 0.3) is 5.91 Å². The average molecular weight is 789 g/mol. The van der Waals surface area contributed by atoms with Crippen LogP contribution in [0.5, 0.6) is 0 Å². The Balaban J connectivity index is 1.29. The Bertz CT molecular complexity index is 1920. The fourth-order valence-corrected chi connectivity index (χ4v) is 7.43. The first-order chi connectivity index (χ1) is 25.3. The molecule has 12 nitrogen and oxygen atoms in total. The van der Waals surface area contributed by atoms with Crippen molar-refractivity contribution < 1.29 is 42.6 Å². The zero-order valence-electron chi connectivity index (χ0n) is 27.9. The Morgan fingerprint density at radius 2 is 1.50 bits per heavy atom. The molecule has 14 heteroatoms. The number of benzene rings is 3. The first-order valence-electron chi connectivity index (χ1n) is 16.3. The number of ether oxygens (including phenoxy) is 3. The molecule has 3 amide bonds. The number of carbonyl (C=O) groups excluding carboxylic acids is 5. The second-order valence-corrected chi connectivity index (χ2v) is 13.6. The van der Waals surface area contributed by atoms with Crippen LogP contribution in [0.3, 0.4) is 0 Å². The number of alkyl carbamates (subject to hydrolysis) is 1. The van der Waals surface area contributed by atoms with E-state index in [9.17, 15) is 24.0 Å². The zero-order chi connectivity index (χ0) is 36.6. The minimum Gasteiger partial charge on any atom is -0.463 e. The van der Waals surface area contributed by atoms with E-state index in [2.05, 4.69) is 26.6 Å². The van der Waals surface area contributed by atoms with E-state index in [0.29, 0.717) is 22.2 Å². The molecule has 1 aromatic heterocycles. The van der Waals surface area contributed by atoms with Crippen LogP contribution in [0, 0.1) is 0 Å². The lowest BCUT2D eigenvalue weighted by Gasteiger charge is -2.50. The summed E-state index contributed by atoms with van der Waals surface area (Å²) in [6, 6.07) is 28.0. The van der Waals surface area contributed by atoms with E-state index in [1.165, 1.54) is 29.8 Å². The molecule has 0 spiro atoms. The lowest BCUT2D eigenvalue weighted by molar-refractivity contribution is -0.154. The number of rotatable bonds is 13. The van der Waals surface area contributed by atoms with Crippen LogP contribution in [0.15, 0.2) is 119 Å². The minimum absolute atomic E-state index is 0.00255. The molecule has 2 N–H and O–H groups in total. The minimum atomic E-state index is -1.16. The Morgan fingerprint density at radius 3 is 2.10 bits per heavy atom. The van der Waals surface area contributed by atoms with Crippen LogP contribution in [0.25, 0.3) is 0 Å². The van der Waals surface area contributed by atoms with Gasteiger partial charge in [-0.25, -0.2) is 14.4 Å². The van der Waals surface area contributed by atoms with Gasteiger partial charge in [0.05, 0.1) is 7.11 Å². The number of alkyl halides is 1. The Hall–Kier alpha value is -5.34. The summed E-state index contributed by atoms with van der Waals surface area (Å²) in [5.74, 6) is -1.90. The molecule has 0 radical (unpaired) electrons. The van der Waals surface area contributed by atoms with E-state index in [1.807, 2.05) is 60.7 Å². The summed E-state index contributed by atoms with van der Waals surface area (Å²) in [6.07, 6.45) is -1.49. The maximum atomic E-state index is 14.3. The van der Waals surface area contributed by atoms with Crippen molar-refractivity contribution in [3.05, 3.63) is 143 Å². The van der Waals surface area contributed by atoms with Crippen molar-refractivity contribution in [3.63, 3.8) is 0 Å². The van der Waals surface area contributed by atoms with Crippen molar-refractivity contribution in [1.29, 1.82) is 0 Å². The molecule has 0 aliphatic carbocycles. The average Bonchev–Trinajstić information content (AvgIpc) is 3.66. The van der Waals surface area contributed by atoms with Crippen LogP contribution < -0.4 is 10.6 Å². The van der Waals surface area contributed by atoms with Crippen molar-refractivity contribution in [3.8, 4) is 0 Å². The number of β-lactam (4-membered cyclic amide) rings is 1. The van der Waals surface area contributed by atoms with Crippen LogP contribution >= 0.6 is 27.7 Å². The molecular formula is C38H34BrN3O9S. The number of fused-ring (bicyclic) bond motifs is 1. The number of nitrogens with zero attached hydrogens (tertiary/aromatic N) is 1. The van der Waals surface area contributed by atoms with Gasteiger partial charge in [0.15, 0.2) is 6.10 Å². The third kappa shape index (κ3) is 8.08. The Labute approximate surface area is 312 Å². The molecule has 6 rings (SSSR count). The Kier molecular flexibility index (Phi) is 11.8. The molecule has 1 fully saturated rings. The molecule has 268 valence electrons. The SMILES string of the molecule is COC(=O)c1ccc(CC2=C(C(=O)OC(c3ccccc3)c3ccccc3)N3C(=O)[C@@H](NC(=O)[C@@H](NC(=O)OCCBr)c4ccccc4)[C@@H]3SC2)o1. The highest BCUT2D eigenvalue weighted by Crippen LogP contribution is 2.42. The summed E-state index contributed by atoms with van der Waals surface area (Å²) in [7, 11) is 1.24. The van der Waals surface area contributed by atoms with Gasteiger partial charge in [0, 0.05) is 17.5 Å². The van der Waals surface area contributed by atoms with Crippen LogP contribution in [-0.4, -0.2) is 71.0 Å². The molecule has 1 saturated heterocycles. The van der Waals surface area contributed by atoms with Gasteiger partial charge in [-0.3, -0.25) is 14.5 Å². The van der Waals surface area contributed by atoms with Crippen LogP contribution in [0.4, 0.5) is 4.79 Å². The Morgan fingerprint density at radius 1 is 0.885 bits per heavy atom. The lowest BCUT2D eigenvalue weighted by atomic mass is 9.99. The van der Waals surface area contributed by atoms with Crippen LogP contribution in [0.1, 0.15) is 45.2 Å². The van der Waals surface area contributed by atoms with Crippen LogP contribution in [-0.2, 0) is 35.0 Å². The third-order valence-corrected chi connectivity index (χ3v) is 10.0. The highest BCUT2D eigenvalue weighted by molar-refractivity contribution is 9.09. The van der Waals surface area contributed by atoms with E-state index in [4.69, 9.17) is 18.6 Å². The van der Waals surface area contributed by atoms with Crippen LogP contribution in [0.2, 0.25) is 0 Å². The van der Waals surface area contributed by atoms with E-state index < -0.39 is 53.4 Å². The van der Waals surface area contributed by atoms with Crippen molar-refractivity contribution >= 4 is 57.5 Å². The summed E-state index contributed by atoms with van der Waals surface area (Å²) in [6.45, 7) is 0.0920. The smallest absolute Gasteiger partial charge is 0.408 e. The normalized spacial score (nSPS) is 17.1. The van der Waals surface area contributed by atoms with Crippen molar-refractivity contribution in [2.75, 3.05) is 24.8 Å². The fourth-order valence-electron chi connectivity index (χ4n) is 5.92. The quantitative estimate of drug-likeness (QED) is 0.0774. The van der Waals surface area contributed by atoms with E-state index >= 15 is 0 Å². The summed E-state index contributed by atoms with van der Waals surface area (Å²) in [5, 5.41) is 5.13. The fraction of sp³-hybridized carbons (Fsp3) is 0.237. The molecule has 0 unspecified atom stereocenters. The van der Waals surface area contributed by atoms with Gasteiger partial charge in [0.1, 0.15) is 35.5 Å². The number of nitrogens with one attached hydrogen (secondary N) is 2. The number of halogens is 1. The third-order valence-electron chi connectivity index (χ3n) is 8.37. The number of thioether (sulfide) groups is 1. The summed E-state index contributed by atoms with van der Waals surface area (Å²) in [5.41, 5.74) is 2.51. The maximum Gasteiger partial charge on any atom is 0.408 e. The molecular weight excluding hydrogens is 754 g/mol. The van der Waals surface area contributed by atoms with Gasteiger partial charge in [-0.2, -0.15) is 0 Å². The van der Waals surface area contributed by atoms with Gasteiger partial charge in [0.2, 0.25) is 11.7 Å². The second-order valence-electron chi connectivity index (χ2n) is 11.7. The number of methoxy groups -OCH3 is 1. The number of carbonyl (C=O) groups is 5. The van der Waals surface area contributed by atoms with Gasteiger partial charge >= 0.3 is 18.0 Å². The van der Waals surface area contributed by atoms with Crippen molar-refractivity contribution in [1.82, 2.24) is 15.5 Å². The summed E-state index contributed by atoms with van der Waals surface area (Å²) >= 11 is 4.55. The van der Waals surface area contributed by atoms with Crippen molar-refractivity contribution in [2.45, 2.75) is 30.0 Å². The van der Waals surface area contributed by atoms with E-state index in [0.717, 1.165) is 11.1 Å². The molecule has 2 aliphatic rings. The van der Waals surface area contributed by atoms with E-state index in [-0.39, 0.29) is 30.2 Å². The number of furan rings is 1. The summed E-state index contributed by atoms with van der Waals surface area (Å²) in [4.78, 5) is 67.9. The number of hydrogen-bond acceptors (Lipinski definition) is 10. The molecule has 2 aliphatic heterocycles. The van der Waals surface area contributed by atoms with E-state index in [1.54, 1.807) is 36.4 Å². The van der Waals surface area contributed by atoms with Gasteiger partial charge < -0.3 is 29.3 Å². The van der Waals surface area contributed by atoms with Gasteiger partial charge in [-0.05, 0) is 34.4 Å². The standard InChI is InChI=1S/C38H34BrN3O9S/c1-48-36(45)28-18-17-27(50-28)21-26-22-52-35-30(40-33(43)29(23-11-5-2-6-12-23)41-38(47)49-20-19-39)34(44)42(35)31(26)37(46)51-32(24-13-7-3-8-14-24)25-15-9-4-10-16-25/h2-18,29-30,32,35H,19-22H2,1H3,(H,40,43)(H,41,47)/t29-,30+,35-/m0/s1. The number of esters is 2. The second kappa shape index (κ2) is 16.8. The molecule has 3 aromatic carbocycles. The number of hydrogen-bond donors (Lipinski definition) is 2. The highest BCUT2D eigenvalue weighted by atomic mass is 79.9. The largest absolute Gasteiger partial charge is 0.463 e. The molecule has 0 saturated carbocycles. The van der Waals surface area contributed by atoms with Gasteiger partial charge in [-0.15, -0.1) is 11.8 Å². The predicted molar refractivity (Wildman–Crippen MR) is 194 cm³/mol. The monoisotopic (exact) mass is 787 g/mol. The lowest BCUT2D eigenvalue weighted by Crippen LogP contribution is -2.71. The molecule has 4 aromatic rings. The summed E-state index contributed by atoms with van der Waals surface area (Å²) < 4.78 is 21.8. The maximum absolute atomic E-state index is 14.3. The topological polar surface area (TPSA) is 153 Å². The number of amides is 3. The molecule has 52 heavy (non-hydrogen) atoms. The zero-order valence-corrected chi connectivity index (χ0v) is 30.3. The molecule has 3 heterocycles. The van der Waals surface area contributed by atoms with Gasteiger partial charge in [-0.1, -0.05) is 107 Å². The molecule has 3 atom stereocenters.